The predicted octanol–water partition coefficient (Wildman–Crippen LogP) is 2.39. The quantitative estimate of drug-likeness (QED) is 0.890. The maximum absolute atomic E-state index is 12.5. The largest absolute Gasteiger partial charge is 0.496 e. The zero-order valence-electron chi connectivity index (χ0n) is 13.1. The second kappa shape index (κ2) is 6.60. The van der Waals surface area contributed by atoms with Gasteiger partial charge in [-0.2, -0.15) is 11.8 Å². The highest BCUT2D eigenvalue weighted by Crippen LogP contribution is 2.29. The average molecular weight is 323 g/mol. The van der Waals surface area contributed by atoms with Crippen molar-refractivity contribution < 1.29 is 19.4 Å². The molecule has 1 aliphatic heterocycles. The van der Waals surface area contributed by atoms with Crippen molar-refractivity contribution in [3.8, 4) is 5.75 Å². The van der Waals surface area contributed by atoms with Crippen LogP contribution in [0.15, 0.2) is 12.1 Å². The number of carboxylic acids is 1. The van der Waals surface area contributed by atoms with E-state index in [0.717, 1.165) is 28.4 Å². The number of rotatable bonds is 4. The normalized spacial score (nSPS) is 16.9. The minimum atomic E-state index is -1.15. The minimum absolute atomic E-state index is 0.344. The molecule has 0 aliphatic carbocycles. The smallest absolute Gasteiger partial charge is 0.329 e. The first-order chi connectivity index (χ1) is 10.4. The number of aliphatic carboxylic acids is 1. The lowest BCUT2D eigenvalue weighted by Gasteiger charge is -2.33. The Morgan fingerprint density at radius 1 is 1.23 bits per heavy atom. The van der Waals surface area contributed by atoms with Crippen molar-refractivity contribution in [1.82, 2.24) is 5.32 Å². The van der Waals surface area contributed by atoms with Gasteiger partial charge in [-0.15, -0.1) is 0 Å². The summed E-state index contributed by atoms with van der Waals surface area (Å²) in [6.07, 6.45) is 0.902. The molecule has 1 aromatic rings. The average Bonchev–Trinajstić information content (AvgIpc) is 2.47. The molecule has 2 N–H and O–H groups in total. The summed E-state index contributed by atoms with van der Waals surface area (Å²) in [5.41, 5.74) is 1.03. The third kappa shape index (κ3) is 3.21. The van der Waals surface area contributed by atoms with Crippen LogP contribution in [0.25, 0.3) is 0 Å². The second-order valence-electron chi connectivity index (χ2n) is 5.60. The van der Waals surface area contributed by atoms with E-state index >= 15 is 0 Å². The maximum atomic E-state index is 12.5. The van der Waals surface area contributed by atoms with Gasteiger partial charge in [-0.25, -0.2) is 4.79 Å². The number of carboxylic acid groups (broad SMARTS) is 1. The first-order valence-corrected chi connectivity index (χ1v) is 8.34. The molecule has 1 saturated heterocycles. The van der Waals surface area contributed by atoms with Gasteiger partial charge in [-0.3, -0.25) is 4.79 Å². The highest BCUT2D eigenvalue weighted by Gasteiger charge is 2.41. The molecule has 0 radical (unpaired) electrons. The van der Waals surface area contributed by atoms with Gasteiger partial charge >= 0.3 is 5.97 Å². The van der Waals surface area contributed by atoms with E-state index in [4.69, 9.17) is 4.74 Å². The van der Waals surface area contributed by atoms with E-state index in [9.17, 15) is 14.7 Å². The Balaban J connectivity index is 2.26. The van der Waals surface area contributed by atoms with Gasteiger partial charge < -0.3 is 15.2 Å². The molecule has 0 bridgehead atoms. The van der Waals surface area contributed by atoms with Crippen LogP contribution in [0.1, 0.15) is 34.3 Å². The van der Waals surface area contributed by atoms with Gasteiger partial charge in [-0.05, 0) is 61.5 Å². The predicted molar refractivity (Wildman–Crippen MR) is 86.9 cm³/mol. The Kier molecular flexibility index (Phi) is 5.01. The number of aryl methyl sites for hydroxylation is 2. The molecule has 1 fully saturated rings. The van der Waals surface area contributed by atoms with E-state index in [1.165, 1.54) is 0 Å². The van der Waals surface area contributed by atoms with Gasteiger partial charge in [0.1, 0.15) is 11.3 Å². The fourth-order valence-corrected chi connectivity index (χ4v) is 3.99. The third-order valence-corrected chi connectivity index (χ3v) is 5.02. The fraction of sp³-hybridized carbons (Fsp3) is 0.500. The lowest BCUT2D eigenvalue weighted by Crippen LogP contribution is -2.56. The molecular weight excluding hydrogens is 302 g/mol. The van der Waals surface area contributed by atoms with E-state index in [0.29, 0.717) is 18.4 Å². The van der Waals surface area contributed by atoms with Gasteiger partial charge in [0, 0.05) is 5.56 Å². The number of carbonyl (C=O) groups is 2. The standard InChI is InChI=1S/C16H21NO4S/c1-10-8-12(9-11(2)13(10)21-3)14(18)17-16(15(19)20)4-6-22-7-5-16/h8-9H,4-7H2,1-3H3,(H,17,18)(H,19,20). The summed E-state index contributed by atoms with van der Waals surface area (Å²) in [6.45, 7) is 3.74. The summed E-state index contributed by atoms with van der Waals surface area (Å²) >= 11 is 1.72. The molecule has 0 atom stereocenters. The third-order valence-electron chi connectivity index (χ3n) is 4.04. The molecule has 1 amide bonds. The van der Waals surface area contributed by atoms with Crippen molar-refractivity contribution in [3.05, 3.63) is 28.8 Å². The summed E-state index contributed by atoms with van der Waals surface area (Å²) in [7, 11) is 1.59. The van der Waals surface area contributed by atoms with Crippen LogP contribution >= 0.6 is 11.8 Å². The van der Waals surface area contributed by atoms with Gasteiger partial charge in [0.05, 0.1) is 7.11 Å². The lowest BCUT2D eigenvalue weighted by molar-refractivity contribution is -0.144. The summed E-state index contributed by atoms with van der Waals surface area (Å²) in [5.74, 6) is 0.936. The second-order valence-corrected chi connectivity index (χ2v) is 6.82. The minimum Gasteiger partial charge on any atom is -0.496 e. The van der Waals surface area contributed by atoms with Crippen molar-refractivity contribution >= 4 is 23.6 Å². The number of thioether (sulfide) groups is 1. The number of hydrogen-bond donors (Lipinski definition) is 2. The first-order valence-electron chi connectivity index (χ1n) is 7.18. The summed E-state index contributed by atoms with van der Waals surface area (Å²) in [6, 6.07) is 3.46. The van der Waals surface area contributed by atoms with Gasteiger partial charge in [0.15, 0.2) is 0 Å². The van der Waals surface area contributed by atoms with Crippen LogP contribution in [0.2, 0.25) is 0 Å². The Morgan fingerprint density at radius 2 is 1.77 bits per heavy atom. The Morgan fingerprint density at radius 3 is 2.23 bits per heavy atom. The summed E-state index contributed by atoms with van der Waals surface area (Å²) in [4.78, 5) is 24.1. The van der Waals surface area contributed by atoms with E-state index in [2.05, 4.69) is 5.32 Å². The van der Waals surface area contributed by atoms with Crippen LogP contribution in [-0.4, -0.2) is 41.1 Å². The number of nitrogens with one attached hydrogen (secondary N) is 1. The molecule has 1 heterocycles. The lowest BCUT2D eigenvalue weighted by atomic mass is 9.91. The molecule has 2 rings (SSSR count). The van der Waals surface area contributed by atoms with Gasteiger partial charge in [0.25, 0.3) is 5.91 Å². The van der Waals surface area contributed by atoms with Gasteiger partial charge in [0.2, 0.25) is 0 Å². The van der Waals surface area contributed by atoms with Crippen LogP contribution in [0.3, 0.4) is 0 Å². The molecule has 6 heteroatoms. The van der Waals surface area contributed by atoms with Crippen LogP contribution in [0.4, 0.5) is 0 Å². The topological polar surface area (TPSA) is 75.6 Å². The van der Waals surface area contributed by atoms with Crippen molar-refractivity contribution in [2.45, 2.75) is 32.2 Å². The highest BCUT2D eigenvalue weighted by molar-refractivity contribution is 7.99. The van der Waals surface area contributed by atoms with E-state index in [1.54, 1.807) is 31.0 Å². The first kappa shape index (κ1) is 16.7. The number of amides is 1. The summed E-state index contributed by atoms with van der Waals surface area (Å²) < 4.78 is 5.29. The number of benzene rings is 1. The molecule has 0 aromatic heterocycles. The van der Waals surface area contributed by atoms with Crippen LogP contribution < -0.4 is 10.1 Å². The fourth-order valence-electron chi connectivity index (χ4n) is 2.81. The monoisotopic (exact) mass is 323 g/mol. The number of ether oxygens (including phenoxy) is 1. The molecule has 22 heavy (non-hydrogen) atoms. The van der Waals surface area contributed by atoms with Crippen LogP contribution in [-0.2, 0) is 4.79 Å². The van der Waals surface area contributed by atoms with Crippen molar-refractivity contribution in [2.24, 2.45) is 0 Å². The number of hydrogen-bond acceptors (Lipinski definition) is 4. The molecule has 1 aliphatic rings. The van der Waals surface area contributed by atoms with Crippen LogP contribution in [0, 0.1) is 13.8 Å². The highest BCUT2D eigenvalue weighted by atomic mass is 32.2. The van der Waals surface area contributed by atoms with Crippen molar-refractivity contribution in [3.63, 3.8) is 0 Å². The zero-order valence-corrected chi connectivity index (χ0v) is 13.9. The summed E-state index contributed by atoms with van der Waals surface area (Å²) in [5, 5.41) is 12.3. The molecule has 120 valence electrons. The number of methoxy groups -OCH3 is 1. The molecule has 0 unspecified atom stereocenters. The molecule has 1 aromatic carbocycles. The van der Waals surface area contributed by atoms with Crippen molar-refractivity contribution in [2.75, 3.05) is 18.6 Å². The van der Waals surface area contributed by atoms with E-state index in [1.807, 2.05) is 13.8 Å². The van der Waals surface area contributed by atoms with Crippen LogP contribution in [0.5, 0.6) is 5.75 Å². The van der Waals surface area contributed by atoms with E-state index < -0.39 is 11.5 Å². The molecular formula is C16H21NO4S. The van der Waals surface area contributed by atoms with Gasteiger partial charge in [-0.1, -0.05) is 0 Å². The molecule has 0 spiro atoms. The zero-order chi connectivity index (χ0) is 16.3. The molecule has 0 saturated carbocycles. The number of carbonyl (C=O) groups excluding carboxylic acids is 1. The Labute approximate surface area is 134 Å². The maximum Gasteiger partial charge on any atom is 0.329 e. The van der Waals surface area contributed by atoms with Crippen molar-refractivity contribution in [1.29, 1.82) is 0 Å². The Hall–Kier alpha value is -1.69. The van der Waals surface area contributed by atoms with E-state index in [-0.39, 0.29) is 5.91 Å². The molecule has 5 nitrogen and oxygen atoms in total. The SMILES string of the molecule is COc1c(C)cc(C(=O)NC2(C(=O)O)CCSCC2)cc1C. The Bertz CT molecular complexity index is 571.